The highest BCUT2D eigenvalue weighted by Crippen LogP contribution is 2.23. The number of amides is 1. The zero-order valence-electron chi connectivity index (χ0n) is 11.3. The Balaban J connectivity index is 0.00000200. The maximum atomic E-state index is 12.1. The van der Waals surface area contributed by atoms with E-state index >= 15 is 0 Å². The van der Waals surface area contributed by atoms with Crippen molar-refractivity contribution < 1.29 is 4.79 Å². The lowest BCUT2D eigenvalue weighted by Crippen LogP contribution is -2.40. The number of carbonyl (C=O) groups is 1. The largest absolute Gasteiger partial charge is 0.338 e. The van der Waals surface area contributed by atoms with Gasteiger partial charge in [-0.15, -0.1) is 24.2 Å². The van der Waals surface area contributed by atoms with E-state index < -0.39 is 0 Å². The molecule has 0 saturated carbocycles. The lowest BCUT2D eigenvalue weighted by atomic mass is 10.2. The Morgan fingerprint density at radius 1 is 1.40 bits per heavy atom. The normalized spacial score (nSPS) is 17.9. The van der Waals surface area contributed by atoms with Crippen LogP contribution < -0.4 is 5.73 Å². The first-order chi connectivity index (χ1) is 9.20. The summed E-state index contributed by atoms with van der Waals surface area (Å²) >= 11 is 5.14. The molecule has 0 spiro atoms. The molecule has 1 atom stereocenters. The van der Waals surface area contributed by atoms with E-state index in [1.807, 2.05) is 17.0 Å². The highest BCUT2D eigenvalue weighted by molar-refractivity contribution is 9.10. The van der Waals surface area contributed by atoms with Gasteiger partial charge in [0, 0.05) is 40.7 Å². The van der Waals surface area contributed by atoms with Crippen molar-refractivity contribution in [3.05, 3.63) is 28.7 Å². The van der Waals surface area contributed by atoms with Crippen LogP contribution in [0.2, 0.25) is 0 Å². The maximum Gasteiger partial charge on any atom is 0.223 e. The maximum absolute atomic E-state index is 12.1. The number of nitrogens with zero attached hydrogens (tertiary/aromatic N) is 1. The van der Waals surface area contributed by atoms with Crippen LogP contribution in [0.25, 0.3) is 0 Å². The van der Waals surface area contributed by atoms with E-state index in [-0.39, 0.29) is 24.4 Å². The predicted octanol–water partition coefficient (Wildman–Crippen LogP) is 3.30. The van der Waals surface area contributed by atoms with Gasteiger partial charge in [-0.1, -0.05) is 15.9 Å². The van der Waals surface area contributed by atoms with E-state index in [2.05, 4.69) is 28.1 Å². The number of hydrogen-bond donors (Lipinski definition) is 1. The monoisotopic (exact) mass is 378 g/mol. The molecular formula is C14H20BrClN2OS. The van der Waals surface area contributed by atoms with Crippen LogP contribution in [0.5, 0.6) is 0 Å². The average Bonchev–Trinajstić information content (AvgIpc) is 2.89. The minimum Gasteiger partial charge on any atom is -0.338 e. The quantitative estimate of drug-likeness (QED) is 0.798. The molecule has 0 bridgehead atoms. The van der Waals surface area contributed by atoms with E-state index in [0.29, 0.717) is 13.0 Å². The van der Waals surface area contributed by atoms with Crippen molar-refractivity contribution in [3.63, 3.8) is 0 Å². The van der Waals surface area contributed by atoms with Crippen molar-refractivity contribution in [2.45, 2.75) is 30.2 Å². The van der Waals surface area contributed by atoms with E-state index in [1.54, 1.807) is 11.8 Å². The summed E-state index contributed by atoms with van der Waals surface area (Å²) in [4.78, 5) is 15.3. The Hall–Kier alpha value is -0.230. The van der Waals surface area contributed by atoms with Gasteiger partial charge in [-0.3, -0.25) is 4.79 Å². The fraction of sp³-hybridized carbons (Fsp3) is 0.500. The fourth-order valence-electron chi connectivity index (χ4n) is 2.34. The molecule has 2 rings (SSSR count). The summed E-state index contributed by atoms with van der Waals surface area (Å²) in [6, 6.07) is 8.45. The van der Waals surface area contributed by atoms with Gasteiger partial charge in [0.1, 0.15) is 0 Å². The molecule has 1 saturated heterocycles. The molecule has 1 unspecified atom stereocenters. The Morgan fingerprint density at radius 2 is 2.10 bits per heavy atom. The summed E-state index contributed by atoms with van der Waals surface area (Å²) in [6.45, 7) is 1.47. The van der Waals surface area contributed by atoms with E-state index in [0.717, 1.165) is 29.6 Å². The number of carbonyl (C=O) groups excluding carboxylic acids is 1. The Kier molecular flexibility index (Phi) is 7.95. The third kappa shape index (κ3) is 4.95. The molecule has 0 aromatic heterocycles. The molecule has 0 radical (unpaired) electrons. The molecule has 1 aliphatic heterocycles. The molecule has 1 heterocycles. The molecular weight excluding hydrogens is 360 g/mol. The number of thioether (sulfide) groups is 1. The van der Waals surface area contributed by atoms with Crippen LogP contribution in [0.1, 0.15) is 19.3 Å². The molecule has 1 aliphatic rings. The van der Waals surface area contributed by atoms with Crippen LogP contribution >= 0.6 is 40.1 Å². The molecule has 6 heteroatoms. The minimum absolute atomic E-state index is 0. The topological polar surface area (TPSA) is 46.3 Å². The third-order valence-corrected chi connectivity index (χ3v) is 4.91. The summed E-state index contributed by atoms with van der Waals surface area (Å²) in [5.41, 5.74) is 5.69. The van der Waals surface area contributed by atoms with Gasteiger partial charge in [-0.25, -0.2) is 0 Å². The first-order valence-corrected chi connectivity index (χ1v) is 8.36. The zero-order valence-corrected chi connectivity index (χ0v) is 14.5. The summed E-state index contributed by atoms with van der Waals surface area (Å²) < 4.78 is 1.08. The van der Waals surface area contributed by atoms with Crippen molar-refractivity contribution in [1.29, 1.82) is 0 Å². The summed E-state index contributed by atoms with van der Waals surface area (Å²) in [7, 11) is 0. The van der Waals surface area contributed by atoms with Gasteiger partial charge in [-0.2, -0.15) is 0 Å². The van der Waals surface area contributed by atoms with Crippen molar-refractivity contribution in [1.82, 2.24) is 4.90 Å². The number of benzene rings is 1. The lowest BCUT2D eigenvalue weighted by molar-refractivity contribution is -0.131. The first kappa shape index (κ1) is 17.8. The van der Waals surface area contributed by atoms with Gasteiger partial charge in [0.2, 0.25) is 5.91 Å². The second-order valence-corrected chi connectivity index (χ2v) is 6.76. The van der Waals surface area contributed by atoms with Crippen LogP contribution in [0.3, 0.4) is 0 Å². The van der Waals surface area contributed by atoms with Crippen LogP contribution in [0.4, 0.5) is 0 Å². The van der Waals surface area contributed by atoms with Crippen molar-refractivity contribution in [2.75, 3.05) is 18.8 Å². The zero-order chi connectivity index (χ0) is 13.7. The second-order valence-electron chi connectivity index (χ2n) is 4.67. The number of rotatable bonds is 5. The van der Waals surface area contributed by atoms with Gasteiger partial charge in [0.05, 0.1) is 0 Å². The highest BCUT2D eigenvalue weighted by atomic mass is 79.9. The standard InChI is InChI=1S/C14H19BrN2OS.ClH/c15-11-3-5-13(6-4-11)19-9-7-14(18)17-8-1-2-12(17)10-16;/h3-6,12H,1-2,7-10,16H2;1H. The fourth-order valence-corrected chi connectivity index (χ4v) is 3.44. The molecule has 20 heavy (non-hydrogen) atoms. The van der Waals surface area contributed by atoms with Crippen LogP contribution in [0, 0.1) is 0 Å². The highest BCUT2D eigenvalue weighted by Gasteiger charge is 2.26. The van der Waals surface area contributed by atoms with Crippen LogP contribution in [-0.2, 0) is 4.79 Å². The number of halogens is 2. The molecule has 3 nitrogen and oxygen atoms in total. The molecule has 0 aliphatic carbocycles. The van der Waals surface area contributed by atoms with E-state index in [4.69, 9.17) is 5.73 Å². The summed E-state index contributed by atoms with van der Waals surface area (Å²) in [6.07, 6.45) is 2.74. The average molecular weight is 380 g/mol. The van der Waals surface area contributed by atoms with Crippen LogP contribution in [-0.4, -0.2) is 35.7 Å². The summed E-state index contributed by atoms with van der Waals surface area (Å²) in [5, 5.41) is 0. The van der Waals surface area contributed by atoms with E-state index in [1.165, 1.54) is 4.90 Å². The van der Waals surface area contributed by atoms with Crippen LogP contribution in [0.15, 0.2) is 33.6 Å². The SMILES string of the molecule is Cl.NCC1CCCN1C(=O)CCSc1ccc(Br)cc1. The van der Waals surface area contributed by atoms with Gasteiger partial charge < -0.3 is 10.6 Å². The molecule has 1 aromatic rings. The molecule has 112 valence electrons. The van der Waals surface area contributed by atoms with Gasteiger partial charge >= 0.3 is 0 Å². The summed E-state index contributed by atoms with van der Waals surface area (Å²) in [5.74, 6) is 1.08. The van der Waals surface area contributed by atoms with Gasteiger partial charge in [0.15, 0.2) is 0 Å². The molecule has 1 aromatic carbocycles. The molecule has 1 amide bonds. The predicted molar refractivity (Wildman–Crippen MR) is 90.5 cm³/mol. The van der Waals surface area contributed by atoms with Crippen molar-refractivity contribution in [2.24, 2.45) is 5.73 Å². The molecule has 1 fully saturated rings. The Morgan fingerprint density at radius 3 is 2.75 bits per heavy atom. The molecule has 2 N–H and O–H groups in total. The number of nitrogens with two attached hydrogens (primary N) is 1. The number of hydrogen-bond acceptors (Lipinski definition) is 3. The smallest absolute Gasteiger partial charge is 0.223 e. The Labute approximate surface area is 139 Å². The third-order valence-electron chi connectivity index (χ3n) is 3.37. The van der Waals surface area contributed by atoms with Gasteiger partial charge in [-0.05, 0) is 37.1 Å². The lowest BCUT2D eigenvalue weighted by Gasteiger charge is -2.23. The minimum atomic E-state index is 0. The number of likely N-dealkylation sites (tertiary alicyclic amines) is 1. The first-order valence-electron chi connectivity index (χ1n) is 6.58. The van der Waals surface area contributed by atoms with E-state index in [9.17, 15) is 4.79 Å². The van der Waals surface area contributed by atoms with Crippen molar-refractivity contribution >= 4 is 46.0 Å². The second kappa shape index (κ2) is 8.93. The van der Waals surface area contributed by atoms with Gasteiger partial charge in [0.25, 0.3) is 0 Å². The van der Waals surface area contributed by atoms with Crippen molar-refractivity contribution in [3.8, 4) is 0 Å². The Bertz CT molecular complexity index is 430.